The SMILES string of the molecule is Cc1cc(OC(F)(F)F)cc(C(=O)N2CCC(c3nc(C(=O)Nc4c(C)oc5ccccc5c4=O)cs3)CC2)c1-c1ccccc1. The van der Waals surface area contributed by atoms with Gasteiger partial charge in [0, 0.05) is 24.4 Å². The van der Waals surface area contributed by atoms with E-state index in [1.54, 1.807) is 72.7 Å². The number of likely N-dealkylation sites (tertiary alicyclic amines) is 1. The lowest BCUT2D eigenvalue weighted by Crippen LogP contribution is -2.38. The van der Waals surface area contributed by atoms with Crippen LogP contribution < -0.4 is 15.5 Å². The summed E-state index contributed by atoms with van der Waals surface area (Å²) in [5, 5.41) is 5.36. The van der Waals surface area contributed by atoms with Crippen molar-refractivity contribution in [2.45, 2.75) is 39.0 Å². The van der Waals surface area contributed by atoms with Crippen molar-refractivity contribution in [2.24, 2.45) is 0 Å². The van der Waals surface area contributed by atoms with Gasteiger partial charge in [-0.25, -0.2) is 4.98 Å². The number of fused-ring (bicyclic) bond motifs is 1. The Morgan fingerprint density at radius 1 is 1.02 bits per heavy atom. The normalized spacial score (nSPS) is 14.0. The highest BCUT2D eigenvalue weighted by Crippen LogP contribution is 2.36. The number of nitrogens with zero attached hydrogens (tertiary/aromatic N) is 2. The molecule has 0 aliphatic carbocycles. The summed E-state index contributed by atoms with van der Waals surface area (Å²) in [4.78, 5) is 46.0. The van der Waals surface area contributed by atoms with Gasteiger partial charge in [-0.05, 0) is 67.6 Å². The third kappa shape index (κ3) is 6.38. The van der Waals surface area contributed by atoms with Crippen LogP contribution >= 0.6 is 11.3 Å². The molecule has 2 amide bonds. The number of carbonyl (C=O) groups is 2. The minimum absolute atomic E-state index is 0.0294. The third-order valence-electron chi connectivity index (χ3n) is 7.93. The summed E-state index contributed by atoms with van der Waals surface area (Å²) in [7, 11) is 0. The number of thiazole rings is 1. The van der Waals surface area contributed by atoms with Crippen molar-refractivity contribution < 1.29 is 31.9 Å². The van der Waals surface area contributed by atoms with Crippen LogP contribution in [-0.2, 0) is 0 Å². The van der Waals surface area contributed by atoms with Crippen molar-refractivity contribution in [3.63, 3.8) is 0 Å². The van der Waals surface area contributed by atoms with Gasteiger partial charge in [0.1, 0.15) is 28.5 Å². The Kier molecular flexibility index (Phi) is 8.39. The van der Waals surface area contributed by atoms with E-state index in [1.807, 2.05) is 6.07 Å². The van der Waals surface area contributed by atoms with Gasteiger partial charge in [0.2, 0.25) is 5.43 Å². The van der Waals surface area contributed by atoms with E-state index in [2.05, 4.69) is 15.0 Å². The minimum atomic E-state index is -4.90. The number of piperidine rings is 1. The molecule has 5 aromatic rings. The van der Waals surface area contributed by atoms with E-state index in [1.165, 1.54) is 17.4 Å². The van der Waals surface area contributed by atoms with Crippen LogP contribution in [0.3, 0.4) is 0 Å². The average Bonchev–Trinajstić information content (AvgIpc) is 3.53. The van der Waals surface area contributed by atoms with Crippen LogP contribution in [0.25, 0.3) is 22.1 Å². The molecule has 3 heterocycles. The van der Waals surface area contributed by atoms with Crippen LogP contribution in [0.2, 0.25) is 0 Å². The van der Waals surface area contributed by atoms with Gasteiger partial charge in [-0.15, -0.1) is 24.5 Å². The molecule has 0 bridgehead atoms. The Bertz CT molecular complexity index is 2000. The quantitative estimate of drug-likeness (QED) is 0.203. The van der Waals surface area contributed by atoms with E-state index in [0.29, 0.717) is 53.6 Å². The molecular weight excluding hydrogens is 619 g/mol. The summed E-state index contributed by atoms with van der Waals surface area (Å²) in [6, 6.07) is 18.3. The van der Waals surface area contributed by atoms with Gasteiger partial charge in [-0.2, -0.15) is 0 Å². The van der Waals surface area contributed by atoms with Gasteiger partial charge in [0.25, 0.3) is 11.8 Å². The first-order chi connectivity index (χ1) is 22.0. The Hall–Kier alpha value is -4.97. The zero-order valence-electron chi connectivity index (χ0n) is 24.8. The number of rotatable bonds is 6. The van der Waals surface area contributed by atoms with Gasteiger partial charge < -0.3 is 19.4 Å². The van der Waals surface area contributed by atoms with Gasteiger partial charge in [0.15, 0.2) is 0 Å². The molecule has 0 radical (unpaired) electrons. The second-order valence-electron chi connectivity index (χ2n) is 11.0. The molecular formula is C34H28F3N3O5S. The van der Waals surface area contributed by atoms with Crippen LogP contribution in [0, 0.1) is 13.8 Å². The van der Waals surface area contributed by atoms with Crippen molar-refractivity contribution in [3.05, 3.63) is 110 Å². The second kappa shape index (κ2) is 12.4. The standard InChI is InChI=1S/C34H28F3N3O5S/c1-19-16-23(45-34(35,36)37)17-25(28(19)21-8-4-3-5-9-21)33(43)40-14-12-22(13-15-40)32-38-26(18-46-32)31(42)39-29-20(2)44-27-11-7-6-10-24(27)30(29)41/h3-11,16-18,22H,12-15H2,1-2H3,(H,39,42). The van der Waals surface area contributed by atoms with Crippen molar-refractivity contribution in [3.8, 4) is 16.9 Å². The number of hydrogen-bond donors (Lipinski definition) is 1. The first kappa shape index (κ1) is 31.0. The van der Waals surface area contributed by atoms with Crippen molar-refractivity contribution >= 4 is 39.8 Å². The molecule has 236 valence electrons. The summed E-state index contributed by atoms with van der Waals surface area (Å²) in [6.07, 6.45) is -3.80. The molecule has 1 aliphatic rings. The third-order valence-corrected chi connectivity index (χ3v) is 8.94. The summed E-state index contributed by atoms with van der Waals surface area (Å²) in [5.41, 5.74) is 2.17. The average molecular weight is 648 g/mol. The Morgan fingerprint density at radius 3 is 2.43 bits per heavy atom. The molecule has 8 nitrogen and oxygen atoms in total. The molecule has 46 heavy (non-hydrogen) atoms. The smallest absolute Gasteiger partial charge is 0.459 e. The van der Waals surface area contributed by atoms with Crippen LogP contribution in [0.5, 0.6) is 5.75 Å². The molecule has 2 aromatic heterocycles. The number of para-hydroxylation sites is 1. The fourth-order valence-electron chi connectivity index (χ4n) is 5.76. The summed E-state index contributed by atoms with van der Waals surface area (Å²) < 4.78 is 49.1. The number of amides is 2. The zero-order valence-corrected chi connectivity index (χ0v) is 25.6. The predicted octanol–water partition coefficient (Wildman–Crippen LogP) is 7.70. The van der Waals surface area contributed by atoms with E-state index in [9.17, 15) is 27.6 Å². The fraction of sp³-hybridized carbons (Fsp3) is 0.235. The van der Waals surface area contributed by atoms with Gasteiger partial charge in [0.05, 0.1) is 16.0 Å². The molecule has 12 heteroatoms. The van der Waals surface area contributed by atoms with Crippen LogP contribution in [-0.4, -0.2) is 41.2 Å². The van der Waals surface area contributed by atoms with Gasteiger partial charge in [-0.1, -0.05) is 42.5 Å². The number of nitrogens with one attached hydrogen (secondary N) is 1. The number of alkyl halides is 3. The molecule has 1 fully saturated rings. The number of halogens is 3. The minimum Gasteiger partial charge on any atom is -0.459 e. The molecule has 1 N–H and O–H groups in total. The first-order valence-corrected chi connectivity index (χ1v) is 15.4. The topological polar surface area (TPSA) is 102 Å². The number of aromatic nitrogens is 1. The number of ether oxygens (including phenoxy) is 1. The lowest BCUT2D eigenvalue weighted by Gasteiger charge is -2.32. The van der Waals surface area contributed by atoms with E-state index < -0.39 is 23.9 Å². The maximum atomic E-state index is 13.8. The molecule has 0 unspecified atom stereocenters. The monoisotopic (exact) mass is 647 g/mol. The molecule has 0 spiro atoms. The van der Waals surface area contributed by atoms with Crippen molar-refractivity contribution in [2.75, 3.05) is 18.4 Å². The lowest BCUT2D eigenvalue weighted by atomic mass is 9.92. The van der Waals surface area contributed by atoms with E-state index in [-0.39, 0.29) is 34.1 Å². The summed E-state index contributed by atoms with van der Waals surface area (Å²) in [5.74, 6) is -1.13. The molecule has 0 atom stereocenters. The molecule has 0 saturated carbocycles. The number of anilines is 1. The fourth-order valence-corrected chi connectivity index (χ4v) is 6.73. The summed E-state index contributed by atoms with van der Waals surface area (Å²) in [6.45, 7) is 3.95. The molecule has 6 rings (SSSR count). The highest BCUT2D eigenvalue weighted by Gasteiger charge is 2.33. The largest absolute Gasteiger partial charge is 0.573 e. The number of hydrogen-bond acceptors (Lipinski definition) is 7. The van der Waals surface area contributed by atoms with Gasteiger partial charge >= 0.3 is 6.36 Å². The Balaban J connectivity index is 1.17. The number of carbonyl (C=O) groups excluding carboxylic acids is 2. The first-order valence-electron chi connectivity index (χ1n) is 14.5. The maximum absolute atomic E-state index is 13.8. The van der Waals surface area contributed by atoms with Crippen molar-refractivity contribution in [1.82, 2.24) is 9.88 Å². The van der Waals surface area contributed by atoms with Crippen LogP contribution in [0.4, 0.5) is 18.9 Å². The Labute approximate surface area is 265 Å². The summed E-state index contributed by atoms with van der Waals surface area (Å²) >= 11 is 1.32. The van der Waals surface area contributed by atoms with Crippen LogP contribution in [0.15, 0.2) is 81.3 Å². The Morgan fingerprint density at radius 2 is 1.72 bits per heavy atom. The van der Waals surface area contributed by atoms with E-state index >= 15 is 0 Å². The predicted molar refractivity (Wildman–Crippen MR) is 168 cm³/mol. The van der Waals surface area contributed by atoms with E-state index in [4.69, 9.17) is 4.42 Å². The highest BCUT2D eigenvalue weighted by molar-refractivity contribution is 7.10. The number of aryl methyl sites for hydroxylation is 2. The molecule has 1 aliphatic heterocycles. The number of benzene rings is 3. The molecule has 3 aromatic carbocycles. The van der Waals surface area contributed by atoms with Crippen LogP contribution in [0.1, 0.15) is 55.9 Å². The van der Waals surface area contributed by atoms with Crippen molar-refractivity contribution in [1.29, 1.82) is 0 Å². The second-order valence-corrected chi connectivity index (χ2v) is 11.9. The maximum Gasteiger partial charge on any atom is 0.573 e. The lowest BCUT2D eigenvalue weighted by molar-refractivity contribution is -0.274. The van der Waals surface area contributed by atoms with Gasteiger partial charge in [-0.3, -0.25) is 14.4 Å². The van der Waals surface area contributed by atoms with E-state index in [0.717, 1.165) is 11.1 Å². The molecule has 1 saturated heterocycles. The zero-order chi connectivity index (χ0) is 32.6. The highest BCUT2D eigenvalue weighted by atomic mass is 32.1.